The molecule has 6 nitrogen and oxygen atoms in total. The Kier molecular flexibility index (Phi) is 6.06. The summed E-state index contributed by atoms with van der Waals surface area (Å²) in [4.78, 5) is 7.10. The average Bonchev–Trinajstić information content (AvgIpc) is 3.05. The summed E-state index contributed by atoms with van der Waals surface area (Å²) in [5, 5.41) is 3.38. The van der Waals surface area contributed by atoms with Crippen molar-refractivity contribution in [1.82, 2.24) is 10.2 Å². The maximum atomic E-state index is 11.5. The van der Waals surface area contributed by atoms with E-state index in [4.69, 9.17) is 4.74 Å². The van der Waals surface area contributed by atoms with E-state index in [2.05, 4.69) is 15.2 Å². The summed E-state index contributed by atoms with van der Waals surface area (Å²) >= 11 is 0. The zero-order valence-electron chi connectivity index (χ0n) is 15.6. The zero-order valence-corrected chi connectivity index (χ0v) is 16.5. The molecule has 7 heteroatoms. The van der Waals surface area contributed by atoms with E-state index in [1.165, 1.54) is 31.9 Å². The van der Waals surface area contributed by atoms with Crippen LogP contribution in [0.4, 0.5) is 0 Å². The molecule has 0 aromatic heterocycles. The van der Waals surface area contributed by atoms with Crippen LogP contribution in [-0.2, 0) is 9.84 Å². The molecule has 2 aliphatic rings. The van der Waals surface area contributed by atoms with E-state index in [0.29, 0.717) is 23.8 Å². The van der Waals surface area contributed by atoms with Crippen molar-refractivity contribution < 1.29 is 13.2 Å². The Hall–Kier alpha value is -1.76. The van der Waals surface area contributed by atoms with Crippen LogP contribution in [0.3, 0.4) is 0 Å². The number of fused-ring (bicyclic) bond motifs is 1. The van der Waals surface area contributed by atoms with Gasteiger partial charge in [-0.3, -0.25) is 4.99 Å². The summed E-state index contributed by atoms with van der Waals surface area (Å²) in [6, 6.07) is 6.53. The van der Waals surface area contributed by atoms with E-state index < -0.39 is 9.84 Å². The molecule has 0 bridgehead atoms. The van der Waals surface area contributed by atoms with Crippen LogP contribution in [0.5, 0.6) is 5.75 Å². The second-order valence-corrected chi connectivity index (χ2v) is 9.29. The number of guanidine groups is 1. The van der Waals surface area contributed by atoms with Crippen molar-refractivity contribution in [2.45, 2.75) is 30.6 Å². The summed E-state index contributed by atoms with van der Waals surface area (Å²) in [5.41, 5.74) is 0. The van der Waals surface area contributed by atoms with Gasteiger partial charge in [0.2, 0.25) is 0 Å². The van der Waals surface area contributed by atoms with Crippen molar-refractivity contribution in [2.75, 3.05) is 39.5 Å². The van der Waals surface area contributed by atoms with Crippen LogP contribution in [0.25, 0.3) is 0 Å². The van der Waals surface area contributed by atoms with Gasteiger partial charge in [-0.25, -0.2) is 8.42 Å². The Morgan fingerprint density at radius 1 is 1.19 bits per heavy atom. The number of ether oxygens (including phenoxy) is 1. The molecule has 0 radical (unpaired) electrons. The zero-order chi connectivity index (χ0) is 18.6. The van der Waals surface area contributed by atoms with Gasteiger partial charge in [-0.15, -0.1) is 0 Å². The fraction of sp³-hybridized carbons (Fsp3) is 0.632. The lowest BCUT2D eigenvalue weighted by atomic mass is 9.82. The van der Waals surface area contributed by atoms with Gasteiger partial charge < -0.3 is 15.0 Å². The standard InChI is InChI=1S/C19H29N3O3S/c1-20-19(22-13-15-5-3-4-6-16(15)14-22)21-11-12-25-17-7-9-18(10-8-17)26(2,23)24/h7-10,15-16H,3-6,11-14H2,1-2H3,(H,20,21). The maximum absolute atomic E-state index is 11.5. The Morgan fingerprint density at radius 2 is 1.81 bits per heavy atom. The van der Waals surface area contributed by atoms with Crippen molar-refractivity contribution in [1.29, 1.82) is 0 Å². The molecule has 1 saturated carbocycles. The van der Waals surface area contributed by atoms with Crippen molar-refractivity contribution in [3.8, 4) is 5.75 Å². The number of hydrogen-bond donors (Lipinski definition) is 1. The van der Waals surface area contributed by atoms with Crippen LogP contribution in [0, 0.1) is 11.8 Å². The first-order chi connectivity index (χ1) is 12.5. The van der Waals surface area contributed by atoms with Gasteiger partial charge >= 0.3 is 0 Å². The fourth-order valence-electron chi connectivity index (χ4n) is 4.03. The normalized spacial score (nSPS) is 23.6. The summed E-state index contributed by atoms with van der Waals surface area (Å²) in [6.45, 7) is 3.38. The number of sulfone groups is 1. The van der Waals surface area contributed by atoms with Gasteiger partial charge in [0.1, 0.15) is 12.4 Å². The molecule has 144 valence electrons. The van der Waals surface area contributed by atoms with Crippen LogP contribution in [-0.4, -0.2) is 58.8 Å². The first-order valence-corrected chi connectivity index (χ1v) is 11.2. The smallest absolute Gasteiger partial charge is 0.193 e. The average molecular weight is 380 g/mol. The third kappa shape index (κ3) is 4.69. The number of nitrogens with one attached hydrogen (secondary N) is 1. The molecular weight excluding hydrogens is 350 g/mol. The van der Waals surface area contributed by atoms with Crippen LogP contribution in [0.1, 0.15) is 25.7 Å². The molecule has 1 aromatic carbocycles. The van der Waals surface area contributed by atoms with Gasteiger partial charge in [0.15, 0.2) is 15.8 Å². The molecule has 3 rings (SSSR count). The second kappa shape index (κ2) is 8.29. The molecule has 1 aliphatic carbocycles. The Labute approximate surface area is 156 Å². The fourth-order valence-corrected chi connectivity index (χ4v) is 4.66. The van der Waals surface area contributed by atoms with Gasteiger partial charge in [-0.1, -0.05) is 12.8 Å². The molecule has 2 fully saturated rings. The maximum Gasteiger partial charge on any atom is 0.193 e. The van der Waals surface area contributed by atoms with Crippen molar-refractivity contribution >= 4 is 15.8 Å². The number of rotatable bonds is 5. The first-order valence-electron chi connectivity index (χ1n) is 9.36. The van der Waals surface area contributed by atoms with Gasteiger partial charge in [0.05, 0.1) is 11.4 Å². The van der Waals surface area contributed by atoms with E-state index in [1.54, 1.807) is 24.3 Å². The highest BCUT2D eigenvalue weighted by atomic mass is 32.2. The highest BCUT2D eigenvalue weighted by molar-refractivity contribution is 7.90. The minimum absolute atomic E-state index is 0.305. The lowest BCUT2D eigenvalue weighted by Crippen LogP contribution is -2.41. The predicted molar refractivity (Wildman–Crippen MR) is 103 cm³/mol. The van der Waals surface area contributed by atoms with Gasteiger partial charge in [-0.2, -0.15) is 0 Å². The minimum atomic E-state index is -3.17. The summed E-state index contributed by atoms with van der Waals surface area (Å²) in [5.74, 6) is 3.27. The monoisotopic (exact) mass is 379 g/mol. The van der Waals surface area contributed by atoms with E-state index in [-0.39, 0.29) is 0 Å². The van der Waals surface area contributed by atoms with Crippen LogP contribution in [0.2, 0.25) is 0 Å². The SMILES string of the molecule is CN=C(NCCOc1ccc(S(C)(=O)=O)cc1)N1CC2CCCCC2C1. The molecule has 2 unspecified atom stereocenters. The second-order valence-electron chi connectivity index (χ2n) is 7.28. The lowest BCUT2D eigenvalue weighted by Gasteiger charge is -2.22. The molecule has 2 atom stereocenters. The molecule has 26 heavy (non-hydrogen) atoms. The molecule has 1 saturated heterocycles. The third-order valence-corrected chi connectivity index (χ3v) is 6.52. The summed E-state index contributed by atoms with van der Waals surface area (Å²) in [7, 11) is -1.34. The third-order valence-electron chi connectivity index (χ3n) is 5.39. The Bertz CT molecular complexity index is 717. The number of hydrogen-bond acceptors (Lipinski definition) is 4. The number of benzene rings is 1. The number of likely N-dealkylation sites (tertiary alicyclic amines) is 1. The summed E-state index contributed by atoms with van der Waals surface area (Å²) in [6.07, 6.45) is 6.64. The van der Waals surface area contributed by atoms with Crippen LogP contribution in [0.15, 0.2) is 34.2 Å². The minimum Gasteiger partial charge on any atom is -0.492 e. The first kappa shape index (κ1) is 19.0. The van der Waals surface area contributed by atoms with Crippen LogP contribution < -0.4 is 10.1 Å². The number of aliphatic imine (C=N–C) groups is 1. The highest BCUT2D eigenvalue weighted by Gasteiger charge is 2.35. The molecule has 1 aromatic rings. The lowest BCUT2D eigenvalue weighted by molar-refractivity contribution is 0.299. The van der Waals surface area contributed by atoms with E-state index >= 15 is 0 Å². The topological polar surface area (TPSA) is 71.0 Å². The van der Waals surface area contributed by atoms with E-state index in [1.807, 2.05) is 7.05 Å². The predicted octanol–water partition coefficient (Wildman–Crippen LogP) is 2.17. The highest BCUT2D eigenvalue weighted by Crippen LogP contribution is 2.35. The van der Waals surface area contributed by atoms with Crippen molar-refractivity contribution in [3.05, 3.63) is 24.3 Å². The van der Waals surface area contributed by atoms with E-state index in [9.17, 15) is 8.42 Å². The summed E-state index contributed by atoms with van der Waals surface area (Å²) < 4.78 is 28.6. The van der Waals surface area contributed by atoms with E-state index in [0.717, 1.165) is 30.9 Å². The number of nitrogens with zero attached hydrogens (tertiary/aromatic N) is 2. The van der Waals surface area contributed by atoms with Gasteiger partial charge in [0, 0.05) is 26.4 Å². The molecule has 1 N–H and O–H groups in total. The molecule has 0 amide bonds. The van der Waals surface area contributed by atoms with Crippen molar-refractivity contribution in [2.24, 2.45) is 16.8 Å². The Balaban J connectivity index is 1.44. The van der Waals surface area contributed by atoms with Crippen molar-refractivity contribution in [3.63, 3.8) is 0 Å². The van der Waals surface area contributed by atoms with Gasteiger partial charge in [0.25, 0.3) is 0 Å². The largest absolute Gasteiger partial charge is 0.492 e. The molecule has 0 spiro atoms. The molecule has 1 heterocycles. The van der Waals surface area contributed by atoms with Gasteiger partial charge in [-0.05, 0) is 48.9 Å². The van der Waals surface area contributed by atoms with Crippen LogP contribution >= 0.6 is 0 Å². The molecular formula is C19H29N3O3S. The quantitative estimate of drug-likeness (QED) is 0.482. The Morgan fingerprint density at radius 3 is 2.35 bits per heavy atom. The molecule has 1 aliphatic heterocycles.